The minimum absolute atomic E-state index is 0.217. The van der Waals surface area contributed by atoms with E-state index in [2.05, 4.69) is 5.16 Å². The third-order valence-electron chi connectivity index (χ3n) is 3.01. The zero-order valence-corrected chi connectivity index (χ0v) is 13.9. The minimum atomic E-state index is -0.485. The SMILES string of the molecule is COc1ccc(C(=O)ON=C(c2cccs2)C(C)(C)C)cc1. The molecule has 0 saturated heterocycles. The smallest absolute Gasteiger partial charge is 0.365 e. The molecular formula is C17H19NO3S. The molecule has 2 aromatic rings. The van der Waals surface area contributed by atoms with Crippen LogP contribution < -0.4 is 4.74 Å². The van der Waals surface area contributed by atoms with Gasteiger partial charge >= 0.3 is 5.97 Å². The Kier molecular flexibility index (Phi) is 4.98. The molecule has 1 heterocycles. The number of hydrogen-bond donors (Lipinski definition) is 0. The normalized spacial score (nSPS) is 12.1. The van der Waals surface area contributed by atoms with Crippen LogP contribution in [0.1, 0.15) is 36.0 Å². The van der Waals surface area contributed by atoms with Gasteiger partial charge in [-0.3, -0.25) is 0 Å². The topological polar surface area (TPSA) is 47.9 Å². The fourth-order valence-electron chi connectivity index (χ4n) is 1.83. The fraction of sp³-hybridized carbons (Fsp3) is 0.294. The van der Waals surface area contributed by atoms with Crippen molar-refractivity contribution in [1.82, 2.24) is 0 Å². The molecule has 0 aliphatic heterocycles. The molecule has 0 N–H and O–H groups in total. The van der Waals surface area contributed by atoms with Crippen molar-refractivity contribution in [3.8, 4) is 5.75 Å². The van der Waals surface area contributed by atoms with E-state index in [1.165, 1.54) is 0 Å². The number of hydrogen-bond acceptors (Lipinski definition) is 5. The van der Waals surface area contributed by atoms with Gasteiger partial charge in [0.1, 0.15) is 11.5 Å². The van der Waals surface area contributed by atoms with Crippen molar-refractivity contribution in [3.05, 3.63) is 52.2 Å². The van der Waals surface area contributed by atoms with Gasteiger partial charge in [-0.15, -0.1) is 11.3 Å². The van der Waals surface area contributed by atoms with E-state index in [1.807, 2.05) is 38.3 Å². The zero-order valence-electron chi connectivity index (χ0n) is 13.1. The van der Waals surface area contributed by atoms with Crippen LogP contribution in [0.5, 0.6) is 5.75 Å². The number of carbonyl (C=O) groups excluding carboxylic acids is 1. The van der Waals surface area contributed by atoms with Gasteiger partial charge in [-0.05, 0) is 35.7 Å². The van der Waals surface area contributed by atoms with Crippen LogP contribution in [-0.4, -0.2) is 18.8 Å². The van der Waals surface area contributed by atoms with Crippen LogP contribution in [0.4, 0.5) is 0 Å². The molecule has 0 bridgehead atoms. The Morgan fingerprint density at radius 2 is 1.82 bits per heavy atom. The maximum absolute atomic E-state index is 12.1. The summed E-state index contributed by atoms with van der Waals surface area (Å²) in [6.07, 6.45) is 0. The molecule has 0 spiro atoms. The Labute approximate surface area is 134 Å². The van der Waals surface area contributed by atoms with E-state index in [9.17, 15) is 4.79 Å². The number of rotatable bonds is 4. The van der Waals surface area contributed by atoms with Crippen molar-refractivity contribution < 1.29 is 14.4 Å². The first-order chi connectivity index (χ1) is 10.4. The summed E-state index contributed by atoms with van der Waals surface area (Å²) < 4.78 is 5.06. The van der Waals surface area contributed by atoms with Crippen molar-refractivity contribution in [2.45, 2.75) is 20.8 Å². The quantitative estimate of drug-likeness (QED) is 0.478. The number of nitrogens with zero attached hydrogens (tertiary/aromatic N) is 1. The highest BCUT2D eigenvalue weighted by atomic mass is 32.1. The van der Waals surface area contributed by atoms with Gasteiger partial charge in [0, 0.05) is 5.41 Å². The van der Waals surface area contributed by atoms with Crippen molar-refractivity contribution in [2.75, 3.05) is 7.11 Å². The number of ether oxygens (including phenoxy) is 1. The average Bonchev–Trinajstić information content (AvgIpc) is 3.00. The molecule has 5 heteroatoms. The van der Waals surface area contributed by atoms with Gasteiger partial charge in [0.05, 0.1) is 17.6 Å². The summed E-state index contributed by atoms with van der Waals surface area (Å²) in [5.41, 5.74) is 0.971. The second-order valence-electron chi connectivity index (χ2n) is 5.77. The van der Waals surface area contributed by atoms with Crippen molar-refractivity contribution >= 4 is 23.0 Å². The molecule has 0 atom stereocenters. The Morgan fingerprint density at radius 1 is 1.14 bits per heavy atom. The van der Waals surface area contributed by atoms with Gasteiger partial charge in [-0.2, -0.15) is 0 Å². The maximum Gasteiger partial charge on any atom is 0.365 e. The lowest BCUT2D eigenvalue weighted by atomic mass is 9.89. The van der Waals surface area contributed by atoms with Crippen molar-refractivity contribution in [1.29, 1.82) is 0 Å². The lowest BCUT2D eigenvalue weighted by molar-refractivity contribution is 0.0513. The van der Waals surface area contributed by atoms with Gasteiger partial charge in [-0.1, -0.05) is 32.0 Å². The first-order valence-corrected chi connectivity index (χ1v) is 7.77. The molecule has 22 heavy (non-hydrogen) atoms. The number of oxime groups is 1. The summed E-state index contributed by atoms with van der Waals surface area (Å²) in [6, 6.07) is 10.6. The number of methoxy groups -OCH3 is 1. The van der Waals surface area contributed by atoms with E-state index in [4.69, 9.17) is 9.57 Å². The van der Waals surface area contributed by atoms with Crippen LogP contribution in [0, 0.1) is 5.41 Å². The van der Waals surface area contributed by atoms with E-state index < -0.39 is 5.97 Å². The zero-order chi connectivity index (χ0) is 16.2. The second-order valence-corrected chi connectivity index (χ2v) is 6.72. The minimum Gasteiger partial charge on any atom is -0.497 e. The first-order valence-electron chi connectivity index (χ1n) is 6.89. The molecule has 0 unspecified atom stereocenters. The van der Waals surface area contributed by atoms with Crippen molar-refractivity contribution in [3.63, 3.8) is 0 Å². The predicted octanol–water partition coefficient (Wildman–Crippen LogP) is 4.36. The average molecular weight is 317 g/mol. The number of carbonyl (C=O) groups is 1. The molecule has 2 rings (SSSR count). The summed E-state index contributed by atoms with van der Waals surface area (Å²) in [4.78, 5) is 18.2. The third-order valence-corrected chi connectivity index (χ3v) is 3.89. The standard InChI is InChI=1S/C17H19NO3S/c1-17(2,3)15(14-6-5-11-22-14)18-21-16(19)12-7-9-13(20-4)10-8-12/h5-11H,1-4H3. The highest BCUT2D eigenvalue weighted by Crippen LogP contribution is 2.25. The monoisotopic (exact) mass is 317 g/mol. The molecule has 4 nitrogen and oxygen atoms in total. The van der Waals surface area contributed by atoms with Gasteiger partial charge in [0.25, 0.3) is 0 Å². The van der Waals surface area contributed by atoms with Crippen LogP contribution in [0.25, 0.3) is 0 Å². The maximum atomic E-state index is 12.1. The fourth-order valence-corrected chi connectivity index (χ4v) is 2.75. The van der Waals surface area contributed by atoms with Crippen molar-refractivity contribution in [2.24, 2.45) is 10.6 Å². The molecular weight excluding hydrogens is 298 g/mol. The lowest BCUT2D eigenvalue weighted by Crippen LogP contribution is -2.21. The van der Waals surface area contributed by atoms with Crippen LogP contribution in [0.3, 0.4) is 0 Å². The largest absolute Gasteiger partial charge is 0.497 e. The highest BCUT2D eigenvalue weighted by molar-refractivity contribution is 7.12. The molecule has 0 aliphatic carbocycles. The van der Waals surface area contributed by atoms with Crippen LogP contribution in [0.15, 0.2) is 46.9 Å². The molecule has 0 aliphatic rings. The van der Waals surface area contributed by atoms with Crippen LogP contribution in [-0.2, 0) is 4.84 Å². The lowest BCUT2D eigenvalue weighted by Gasteiger charge is -2.19. The van der Waals surface area contributed by atoms with E-state index in [-0.39, 0.29) is 5.41 Å². The molecule has 0 fully saturated rings. The summed E-state index contributed by atoms with van der Waals surface area (Å²) in [6.45, 7) is 6.10. The molecule has 0 amide bonds. The van der Waals surface area contributed by atoms with Gasteiger partial charge in [-0.25, -0.2) is 4.79 Å². The summed E-state index contributed by atoms with van der Waals surface area (Å²) in [5, 5.41) is 6.08. The molecule has 1 aromatic carbocycles. The van der Waals surface area contributed by atoms with Crippen LogP contribution >= 0.6 is 11.3 Å². The van der Waals surface area contributed by atoms with E-state index in [0.29, 0.717) is 11.3 Å². The summed E-state index contributed by atoms with van der Waals surface area (Å²) in [7, 11) is 1.58. The predicted molar refractivity (Wildman–Crippen MR) is 88.7 cm³/mol. The van der Waals surface area contributed by atoms with E-state index in [0.717, 1.165) is 10.6 Å². The van der Waals surface area contributed by atoms with Gasteiger partial charge in [0.15, 0.2) is 0 Å². The molecule has 1 aromatic heterocycles. The third kappa shape index (κ3) is 3.95. The number of thiophene rings is 1. The Morgan fingerprint density at radius 3 is 2.32 bits per heavy atom. The van der Waals surface area contributed by atoms with Crippen LogP contribution in [0.2, 0.25) is 0 Å². The molecule has 0 saturated carbocycles. The van der Waals surface area contributed by atoms with Gasteiger partial charge in [0.2, 0.25) is 0 Å². The Bertz CT molecular complexity index is 652. The Balaban J connectivity index is 2.18. The first kappa shape index (κ1) is 16.2. The molecule has 116 valence electrons. The van der Waals surface area contributed by atoms with Gasteiger partial charge < -0.3 is 9.57 Å². The second kappa shape index (κ2) is 6.75. The number of benzene rings is 1. The molecule has 0 radical (unpaired) electrons. The Hall–Kier alpha value is -2.14. The summed E-state index contributed by atoms with van der Waals surface area (Å²) in [5.74, 6) is 0.204. The van der Waals surface area contributed by atoms with E-state index >= 15 is 0 Å². The highest BCUT2D eigenvalue weighted by Gasteiger charge is 2.23. The van der Waals surface area contributed by atoms with E-state index in [1.54, 1.807) is 42.7 Å². The summed E-state index contributed by atoms with van der Waals surface area (Å²) >= 11 is 1.57.